The first-order valence-electron chi connectivity index (χ1n) is 6.86. The molecule has 0 aliphatic rings. The molecule has 1 amide bonds. The van der Waals surface area contributed by atoms with E-state index in [1.807, 2.05) is 63.2 Å². The molecule has 2 aromatic carbocycles. The number of rotatable bonds is 4. The average Bonchev–Trinajstić information content (AvgIpc) is 2.45. The van der Waals surface area contributed by atoms with Crippen molar-refractivity contribution in [3.05, 3.63) is 53.6 Å². The van der Waals surface area contributed by atoms with Crippen molar-refractivity contribution in [2.45, 2.75) is 30.9 Å². The number of anilines is 2. The van der Waals surface area contributed by atoms with Crippen LogP contribution < -0.4 is 11.1 Å². The number of nitrogens with two attached hydrogens (primary N) is 1. The summed E-state index contributed by atoms with van der Waals surface area (Å²) in [6, 6.07) is 13.6. The number of benzene rings is 2. The average molecular weight is 300 g/mol. The Kier molecular flexibility index (Phi) is 4.91. The van der Waals surface area contributed by atoms with Gasteiger partial charge in [0.2, 0.25) is 5.91 Å². The van der Waals surface area contributed by atoms with Crippen LogP contribution in [0.2, 0.25) is 0 Å². The lowest BCUT2D eigenvalue weighted by atomic mass is 10.1. The molecule has 1 atom stereocenters. The largest absolute Gasteiger partial charge is 0.399 e. The highest BCUT2D eigenvalue weighted by Gasteiger charge is 2.15. The van der Waals surface area contributed by atoms with Gasteiger partial charge in [0, 0.05) is 16.3 Å². The van der Waals surface area contributed by atoms with Gasteiger partial charge in [0.25, 0.3) is 0 Å². The zero-order valence-electron chi connectivity index (χ0n) is 12.5. The molecule has 0 aliphatic carbocycles. The number of nitrogen functional groups attached to an aromatic ring is 1. The summed E-state index contributed by atoms with van der Waals surface area (Å²) in [4.78, 5) is 13.3. The maximum atomic E-state index is 12.3. The number of carbonyl (C=O) groups excluding carboxylic acids is 1. The molecule has 21 heavy (non-hydrogen) atoms. The highest BCUT2D eigenvalue weighted by atomic mass is 32.2. The molecule has 0 heterocycles. The van der Waals surface area contributed by atoms with Gasteiger partial charge in [-0.2, -0.15) is 0 Å². The highest BCUT2D eigenvalue weighted by molar-refractivity contribution is 8.00. The molecule has 0 saturated carbocycles. The summed E-state index contributed by atoms with van der Waals surface area (Å²) in [5.74, 6) is 0.00512. The minimum Gasteiger partial charge on any atom is -0.399 e. The summed E-state index contributed by atoms with van der Waals surface area (Å²) >= 11 is 1.52. The molecule has 0 fully saturated rings. The van der Waals surface area contributed by atoms with E-state index in [1.165, 1.54) is 11.8 Å². The molecule has 0 aliphatic heterocycles. The molecular weight excluding hydrogens is 280 g/mol. The lowest BCUT2D eigenvalue weighted by Gasteiger charge is -2.14. The van der Waals surface area contributed by atoms with Crippen LogP contribution in [0, 0.1) is 13.8 Å². The van der Waals surface area contributed by atoms with Crippen molar-refractivity contribution in [2.75, 3.05) is 11.1 Å². The third-order valence-electron chi connectivity index (χ3n) is 3.21. The number of carbonyl (C=O) groups is 1. The van der Waals surface area contributed by atoms with E-state index in [9.17, 15) is 4.79 Å². The predicted molar refractivity (Wildman–Crippen MR) is 90.7 cm³/mol. The fraction of sp³-hybridized carbons (Fsp3) is 0.235. The van der Waals surface area contributed by atoms with Gasteiger partial charge in [-0.15, -0.1) is 11.8 Å². The summed E-state index contributed by atoms with van der Waals surface area (Å²) in [5.41, 5.74) is 9.47. The van der Waals surface area contributed by atoms with Gasteiger partial charge in [0.1, 0.15) is 0 Å². The van der Waals surface area contributed by atoms with E-state index in [2.05, 4.69) is 5.32 Å². The van der Waals surface area contributed by atoms with Crippen molar-refractivity contribution in [3.63, 3.8) is 0 Å². The summed E-state index contributed by atoms with van der Waals surface area (Å²) in [6.45, 7) is 5.91. The second-order valence-electron chi connectivity index (χ2n) is 5.14. The van der Waals surface area contributed by atoms with Gasteiger partial charge in [0.05, 0.1) is 5.25 Å². The first-order valence-corrected chi connectivity index (χ1v) is 7.74. The van der Waals surface area contributed by atoms with Gasteiger partial charge in [0.15, 0.2) is 0 Å². The van der Waals surface area contributed by atoms with Gasteiger partial charge in [-0.05, 0) is 62.2 Å². The fourth-order valence-corrected chi connectivity index (χ4v) is 2.78. The molecule has 110 valence electrons. The quantitative estimate of drug-likeness (QED) is 0.662. The monoisotopic (exact) mass is 300 g/mol. The van der Waals surface area contributed by atoms with E-state index in [0.717, 1.165) is 27.4 Å². The number of hydrogen-bond donors (Lipinski definition) is 2. The molecule has 2 rings (SSSR count). The second-order valence-corrected chi connectivity index (χ2v) is 6.55. The smallest absolute Gasteiger partial charge is 0.237 e. The van der Waals surface area contributed by atoms with Crippen LogP contribution in [-0.4, -0.2) is 11.2 Å². The van der Waals surface area contributed by atoms with Crippen molar-refractivity contribution in [2.24, 2.45) is 0 Å². The Bertz CT molecular complexity index is 638. The maximum Gasteiger partial charge on any atom is 0.237 e. The summed E-state index contributed by atoms with van der Waals surface area (Å²) in [6.07, 6.45) is 0. The fourth-order valence-electron chi connectivity index (χ4n) is 1.91. The van der Waals surface area contributed by atoms with Crippen molar-refractivity contribution in [1.29, 1.82) is 0 Å². The van der Waals surface area contributed by atoms with Gasteiger partial charge >= 0.3 is 0 Å². The SMILES string of the molecule is Cc1ccc(C)c(NC(=O)[C@@H](C)Sc2ccc(N)cc2)c1. The lowest BCUT2D eigenvalue weighted by Crippen LogP contribution is -2.22. The third-order valence-corrected chi connectivity index (χ3v) is 4.33. The minimum atomic E-state index is -0.173. The van der Waals surface area contributed by atoms with Crippen molar-refractivity contribution in [3.8, 4) is 0 Å². The Morgan fingerprint density at radius 1 is 1.14 bits per heavy atom. The number of hydrogen-bond acceptors (Lipinski definition) is 3. The molecular formula is C17H20N2OS. The summed E-state index contributed by atoms with van der Waals surface area (Å²) in [5, 5.41) is 2.83. The second kappa shape index (κ2) is 6.68. The van der Waals surface area contributed by atoms with Crippen molar-refractivity contribution >= 4 is 29.0 Å². The van der Waals surface area contributed by atoms with Crippen LogP contribution in [0.5, 0.6) is 0 Å². The lowest BCUT2D eigenvalue weighted by molar-refractivity contribution is -0.115. The number of nitrogens with one attached hydrogen (secondary N) is 1. The number of aryl methyl sites for hydroxylation is 2. The van der Waals surface area contributed by atoms with Gasteiger partial charge in [-0.25, -0.2) is 0 Å². The Morgan fingerprint density at radius 3 is 2.48 bits per heavy atom. The van der Waals surface area contributed by atoms with Crippen molar-refractivity contribution in [1.82, 2.24) is 0 Å². The Hall–Kier alpha value is -1.94. The van der Waals surface area contributed by atoms with E-state index < -0.39 is 0 Å². The van der Waals surface area contributed by atoms with E-state index in [0.29, 0.717) is 0 Å². The highest BCUT2D eigenvalue weighted by Crippen LogP contribution is 2.25. The summed E-state index contributed by atoms with van der Waals surface area (Å²) < 4.78 is 0. The van der Waals surface area contributed by atoms with E-state index in [4.69, 9.17) is 5.73 Å². The maximum absolute atomic E-state index is 12.3. The zero-order valence-corrected chi connectivity index (χ0v) is 13.3. The van der Waals surface area contributed by atoms with E-state index in [-0.39, 0.29) is 11.2 Å². The van der Waals surface area contributed by atoms with Gasteiger partial charge in [-0.3, -0.25) is 4.79 Å². The third kappa shape index (κ3) is 4.26. The minimum absolute atomic E-state index is 0.00512. The molecule has 2 aromatic rings. The van der Waals surface area contributed by atoms with E-state index in [1.54, 1.807) is 0 Å². The molecule has 3 nitrogen and oxygen atoms in total. The van der Waals surface area contributed by atoms with Crippen LogP contribution in [0.3, 0.4) is 0 Å². The van der Waals surface area contributed by atoms with Crippen LogP contribution >= 0.6 is 11.8 Å². The molecule has 4 heteroatoms. The number of thioether (sulfide) groups is 1. The zero-order chi connectivity index (χ0) is 15.4. The predicted octanol–water partition coefficient (Wildman–Crippen LogP) is 4.00. The molecule has 0 bridgehead atoms. The van der Waals surface area contributed by atoms with Gasteiger partial charge in [-0.1, -0.05) is 12.1 Å². The Labute approximate surface area is 129 Å². The first-order chi connectivity index (χ1) is 9.95. The van der Waals surface area contributed by atoms with Crippen LogP contribution in [-0.2, 0) is 4.79 Å². The van der Waals surface area contributed by atoms with Crippen molar-refractivity contribution < 1.29 is 4.79 Å². The topological polar surface area (TPSA) is 55.1 Å². The molecule has 0 radical (unpaired) electrons. The van der Waals surface area contributed by atoms with Crippen LogP contribution in [0.4, 0.5) is 11.4 Å². The summed E-state index contributed by atoms with van der Waals surface area (Å²) in [7, 11) is 0. The van der Waals surface area contributed by atoms with Gasteiger partial charge < -0.3 is 11.1 Å². The molecule has 0 unspecified atom stereocenters. The van der Waals surface area contributed by atoms with E-state index >= 15 is 0 Å². The first kappa shape index (κ1) is 15.4. The number of amides is 1. The molecule has 0 spiro atoms. The van der Waals surface area contributed by atoms with Crippen LogP contribution in [0.25, 0.3) is 0 Å². The Morgan fingerprint density at radius 2 is 1.81 bits per heavy atom. The van der Waals surface area contributed by atoms with Crippen LogP contribution in [0.1, 0.15) is 18.1 Å². The molecule has 3 N–H and O–H groups in total. The standard InChI is InChI=1S/C17H20N2OS/c1-11-4-5-12(2)16(10-11)19-17(20)13(3)21-15-8-6-14(18)7-9-15/h4-10,13H,18H2,1-3H3,(H,19,20)/t13-/m1/s1. The molecule has 0 aromatic heterocycles. The van der Waals surface area contributed by atoms with Crippen LogP contribution in [0.15, 0.2) is 47.4 Å². The molecule has 0 saturated heterocycles. The Balaban J connectivity index is 2.02. The normalized spacial score (nSPS) is 12.0.